The lowest BCUT2D eigenvalue weighted by Gasteiger charge is -2.25. The van der Waals surface area contributed by atoms with E-state index in [0.717, 1.165) is 0 Å². The molecule has 3 rings (SSSR count). The predicted molar refractivity (Wildman–Crippen MR) is 105 cm³/mol. The first-order valence-corrected chi connectivity index (χ1v) is 9.36. The molecule has 1 unspecified atom stereocenters. The van der Waals surface area contributed by atoms with Crippen LogP contribution < -0.4 is 4.74 Å². The normalized spacial score (nSPS) is 18.3. The zero-order valence-corrected chi connectivity index (χ0v) is 16.0. The summed E-state index contributed by atoms with van der Waals surface area (Å²) in [5.74, 6) is -1.73. The van der Waals surface area contributed by atoms with E-state index in [0.29, 0.717) is 23.5 Å². The number of carbonyl (C=O) groups is 2. The summed E-state index contributed by atoms with van der Waals surface area (Å²) in [7, 11) is 0. The van der Waals surface area contributed by atoms with Crippen molar-refractivity contribution in [3.05, 3.63) is 71.0 Å². The van der Waals surface area contributed by atoms with Crippen LogP contribution in [0.25, 0.3) is 5.76 Å². The molecular weight excluding hydrogens is 377 g/mol. The minimum Gasteiger partial charge on any atom is -0.507 e. The topological polar surface area (TPSA) is 87.1 Å². The van der Waals surface area contributed by atoms with Crippen molar-refractivity contribution in [3.63, 3.8) is 0 Å². The molecule has 0 spiro atoms. The zero-order chi connectivity index (χ0) is 21.0. The lowest BCUT2D eigenvalue weighted by atomic mass is 9.95. The second kappa shape index (κ2) is 8.87. The Balaban J connectivity index is 2.09. The number of benzene rings is 2. The maximum absolute atomic E-state index is 13.4. The molecule has 0 bridgehead atoms. The van der Waals surface area contributed by atoms with Gasteiger partial charge in [-0.25, -0.2) is 4.39 Å². The molecule has 1 atom stereocenters. The molecule has 1 fully saturated rings. The second-order valence-corrected chi connectivity index (χ2v) is 6.58. The molecule has 1 amide bonds. The summed E-state index contributed by atoms with van der Waals surface area (Å²) in [4.78, 5) is 26.6. The number of hydrogen-bond acceptors (Lipinski definition) is 5. The smallest absolute Gasteiger partial charge is 0.295 e. The summed E-state index contributed by atoms with van der Waals surface area (Å²) in [6.07, 6.45) is 0.272. The molecule has 0 aliphatic carbocycles. The fraction of sp³-hybridized carbons (Fsp3) is 0.273. The van der Waals surface area contributed by atoms with Crippen LogP contribution in [0.2, 0.25) is 0 Å². The lowest BCUT2D eigenvalue weighted by molar-refractivity contribution is -0.140. The van der Waals surface area contributed by atoms with Crippen molar-refractivity contribution in [2.45, 2.75) is 19.4 Å². The minimum absolute atomic E-state index is 0.0660. The van der Waals surface area contributed by atoms with Crippen LogP contribution in [-0.2, 0) is 9.59 Å². The van der Waals surface area contributed by atoms with E-state index < -0.39 is 23.5 Å². The van der Waals surface area contributed by atoms with Crippen LogP contribution >= 0.6 is 0 Å². The van der Waals surface area contributed by atoms with E-state index in [-0.39, 0.29) is 30.9 Å². The van der Waals surface area contributed by atoms with Crippen molar-refractivity contribution in [1.82, 2.24) is 4.90 Å². The molecule has 2 aromatic rings. The summed E-state index contributed by atoms with van der Waals surface area (Å²) in [6.45, 7) is 2.32. The van der Waals surface area contributed by atoms with Gasteiger partial charge in [-0.05, 0) is 55.3 Å². The maximum Gasteiger partial charge on any atom is 0.295 e. The number of likely N-dealkylation sites (tertiary alicyclic amines) is 1. The molecule has 1 heterocycles. The Morgan fingerprint density at radius 2 is 1.76 bits per heavy atom. The molecule has 7 heteroatoms. The van der Waals surface area contributed by atoms with Gasteiger partial charge in [-0.1, -0.05) is 12.1 Å². The molecule has 0 saturated carbocycles. The third-order valence-corrected chi connectivity index (χ3v) is 4.72. The molecule has 1 saturated heterocycles. The van der Waals surface area contributed by atoms with E-state index in [9.17, 15) is 19.1 Å². The first-order valence-electron chi connectivity index (χ1n) is 9.36. The quantitative estimate of drug-likeness (QED) is 0.425. The third-order valence-electron chi connectivity index (χ3n) is 4.72. The number of rotatable bonds is 7. The van der Waals surface area contributed by atoms with Gasteiger partial charge in [-0.15, -0.1) is 0 Å². The van der Waals surface area contributed by atoms with Crippen molar-refractivity contribution in [2.75, 3.05) is 19.8 Å². The van der Waals surface area contributed by atoms with Gasteiger partial charge >= 0.3 is 0 Å². The van der Waals surface area contributed by atoms with Crippen LogP contribution in [-0.4, -0.2) is 46.6 Å². The van der Waals surface area contributed by atoms with Gasteiger partial charge in [-0.2, -0.15) is 0 Å². The first kappa shape index (κ1) is 20.5. The highest BCUT2D eigenvalue weighted by Crippen LogP contribution is 2.39. The summed E-state index contributed by atoms with van der Waals surface area (Å²) in [5, 5.41) is 20.0. The van der Waals surface area contributed by atoms with Gasteiger partial charge in [0.15, 0.2) is 0 Å². The molecule has 0 aromatic heterocycles. The maximum atomic E-state index is 13.4. The standard InChI is InChI=1S/C22H22FNO5/c1-2-29-17-10-6-15(7-11-17)20(26)18-19(14-4-8-16(23)9-5-14)24(12-3-13-25)22(28)21(18)27/h4-11,19,25-26H,2-3,12-13H2,1H3/b20-18+. The van der Waals surface area contributed by atoms with Gasteiger partial charge in [0.05, 0.1) is 18.2 Å². The lowest BCUT2D eigenvalue weighted by Crippen LogP contribution is -2.31. The first-order chi connectivity index (χ1) is 14.0. The molecule has 29 heavy (non-hydrogen) atoms. The Labute approximate surface area is 167 Å². The van der Waals surface area contributed by atoms with Gasteiger partial charge in [0.1, 0.15) is 17.3 Å². The molecule has 2 aromatic carbocycles. The van der Waals surface area contributed by atoms with Crippen LogP contribution in [0, 0.1) is 5.82 Å². The van der Waals surface area contributed by atoms with E-state index in [1.807, 2.05) is 6.92 Å². The molecule has 152 valence electrons. The van der Waals surface area contributed by atoms with E-state index in [2.05, 4.69) is 0 Å². The molecular formula is C22H22FNO5. The van der Waals surface area contributed by atoms with E-state index in [4.69, 9.17) is 9.84 Å². The summed E-state index contributed by atoms with van der Waals surface area (Å²) >= 11 is 0. The number of ketones is 1. The Bertz CT molecular complexity index is 921. The van der Waals surface area contributed by atoms with Crippen molar-refractivity contribution >= 4 is 17.4 Å². The highest BCUT2D eigenvalue weighted by molar-refractivity contribution is 6.46. The number of nitrogens with zero attached hydrogens (tertiary/aromatic N) is 1. The molecule has 1 aliphatic rings. The van der Waals surface area contributed by atoms with E-state index >= 15 is 0 Å². The van der Waals surface area contributed by atoms with Crippen LogP contribution in [0.4, 0.5) is 4.39 Å². The SMILES string of the molecule is CCOc1ccc(/C(O)=C2\C(=O)C(=O)N(CCCO)C2c2ccc(F)cc2)cc1. The Kier molecular flexibility index (Phi) is 6.29. The number of Topliss-reactive ketones (excluding diaryl/α,β-unsaturated/α-hetero) is 1. The number of hydrogen-bond donors (Lipinski definition) is 2. The number of ether oxygens (including phenoxy) is 1. The minimum atomic E-state index is -0.867. The molecule has 1 aliphatic heterocycles. The summed E-state index contributed by atoms with van der Waals surface area (Å²) in [6, 6.07) is 11.1. The van der Waals surface area contributed by atoms with Crippen molar-refractivity contribution in [2.24, 2.45) is 0 Å². The second-order valence-electron chi connectivity index (χ2n) is 6.58. The van der Waals surface area contributed by atoms with Crippen LogP contribution in [0.5, 0.6) is 5.75 Å². The van der Waals surface area contributed by atoms with Gasteiger partial charge in [-0.3, -0.25) is 9.59 Å². The third kappa shape index (κ3) is 4.14. The Hall–Kier alpha value is -3.19. The van der Waals surface area contributed by atoms with Gasteiger partial charge < -0.3 is 19.8 Å². The van der Waals surface area contributed by atoms with Crippen LogP contribution in [0.1, 0.15) is 30.5 Å². The average Bonchev–Trinajstić information content (AvgIpc) is 2.98. The van der Waals surface area contributed by atoms with Gasteiger partial charge in [0.2, 0.25) is 0 Å². The number of carbonyl (C=O) groups excluding carboxylic acids is 2. The largest absolute Gasteiger partial charge is 0.507 e. The van der Waals surface area contributed by atoms with Crippen LogP contribution in [0.3, 0.4) is 0 Å². The molecule has 2 N–H and O–H groups in total. The zero-order valence-electron chi connectivity index (χ0n) is 16.0. The number of halogens is 1. The van der Waals surface area contributed by atoms with Crippen molar-refractivity contribution in [3.8, 4) is 5.75 Å². The number of aliphatic hydroxyl groups excluding tert-OH is 2. The van der Waals surface area contributed by atoms with E-state index in [1.165, 1.54) is 29.2 Å². The summed E-state index contributed by atoms with van der Waals surface area (Å²) < 4.78 is 18.8. The molecule has 6 nitrogen and oxygen atoms in total. The number of aliphatic hydroxyl groups is 2. The number of amides is 1. The van der Waals surface area contributed by atoms with Crippen molar-refractivity contribution in [1.29, 1.82) is 0 Å². The van der Waals surface area contributed by atoms with Crippen LogP contribution in [0.15, 0.2) is 54.1 Å². The van der Waals surface area contributed by atoms with Gasteiger partial charge in [0, 0.05) is 18.7 Å². The molecule has 0 radical (unpaired) electrons. The fourth-order valence-electron chi connectivity index (χ4n) is 3.37. The highest BCUT2D eigenvalue weighted by atomic mass is 19.1. The van der Waals surface area contributed by atoms with Gasteiger partial charge in [0.25, 0.3) is 11.7 Å². The monoisotopic (exact) mass is 399 g/mol. The van der Waals surface area contributed by atoms with Crippen molar-refractivity contribution < 1.29 is 28.9 Å². The van der Waals surface area contributed by atoms with E-state index in [1.54, 1.807) is 24.3 Å². The Morgan fingerprint density at radius 1 is 1.10 bits per heavy atom. The predicted octanol–water partition coefficient (Wildman–Crippen LogP) is 3.03. The Morgan fingerprint density at radius 3 is 2.34 bits per heavy atom. The summed E-state index contributed by atoms with van der Waals surface area (Å²) in [5.41, 5.74) is 0.792. The highest BCUT2D eigenvalue weighted by Gasteiger charge is 2.45. The fourth-order valence-corrected chi connectivity index (χ4v) is 3.37. The average molecular weight is 399 g/mol.